The van der Waals surface area contributed by atoms with Crippen molar-refractivity contribution in [2.45, 2.75) is 13.8 Å². The molecule has 0 radical (unpaired) electrons. The van der Waals surface area contributed by atoms with Gasteiger partial charge in [0.2, 0.25) is 5.88 Å². The van der Waals surface area contributed by atoms with E-state index in [0.29, 0.717) is 11.6 Å². The van der Waals surface area contributed by atoms with Crippen molar-refractivity contribution in [2.24, 2.45) is 0 Å². The average molecular weight is 280 g/mol. The second kappa shape index (κ2) is 4.57. The van der Waals surface area contributed by atoms with Gasteiger partial charge in [-0.05, 0) is 35.8 Å². The number of rotatable bonds is 2. The van der Waals surface area contributed by atoms with Gasteiger partial charge in [-0.15, -0.1) is 0 Å². The molecule has 5 heteroatoms. The quantitative estimate of drug-likeness (QED) is 0.848. The number of halogens is 1. The minimum atomic E-state index is 0.514. The van der Waals surface area contributed by atoms with Crippen molar-refractivity contribution in [3.8, 4) is 11.6 Å². The smallest absolute Gasteiger partial charge is 0.241 e. The van der Waals surface area contributed by atoms with Crippen LogP contribution >= 0.6 is 15.9 Å². The maximum Gasteiger partial charge on any atom is 0.241 e. The Kier molecular flexibility index (Phi) is 3.14. The molecule has 2 aromatic heterocycles. The maximum absolute atomic E-state index is 5.60. The summed E-state index contributed by atoms with van der Waals surface area (Å²) in [5, 5.41) is 0. The lowest BCUT2D eigenvalue weighted by atomic mass is 10.4. The molecular formula is C11H10BrN3O. The zero-order chi connectivity index (χ0) is 11.5. The molecule has 0 unspecified atom stereocenters. The Morgan fingerprint density at radius 1 is 1.19 bits per heavy atom. The first-order valence-electron chi connectivity index (χ1n) is 4.74. The van der Waals surface area contributed by atoms with E-state index in [-0.39, 0.29) is 0 Å². The third kappa shape index (κ3) is 2.55. The van der Waals surface area contributed by atoms with Crippen molar-refractivity contribution in [3.05, 3.63) is 40.5 Å². The van der Waals surface area contributed by atoms with Crippen molar-refractivity contribution in [1.82, 2.24) is 15.0 Å². The van der Waals surface area contributed by atoms with Crippen LogP contribution in [0.25, 0.3) is 0 Å². The summed E-state index contributed by atoms with van der Waals surface area (Å²) >= 11 is 3.33. The first kappa shape index (κ1) is 11.0. The van der Waals surface area contributed by atoms with Gasteiger partial charge < -0.3 is 4.74 Å². The van der Waals surface area contributed by atoms with Crippen LogP contribution in [0.3, 0.4) is 0 Å². The largest absolute Gasteiger partial charge is 0.436 e. The number of aryl methyl sites for hydroxylation is 2. The van der Waals surface area contributed by atoms with E-state index in [4.69, 9.17) is 4.74 Å². The highest BCUT2D eigenvalue weighted by Crippen LogP contribution is 2.23. The second-order valence-electron chi connectivity index (χ2n) is 3.34. The third-order valence-electron chi connectivity index (χ3n) is 1.93. The summed E-state index contributed by atoms with van der Waals surface area (Å²) in [7, 11) is 0. The van der Waals surface area contributed by atoms with Crippen LogP contribution < -0.4 is 4.74 Å². The summed E-state index contributed by atoms with van der Waals surface area (Å²) in [6.45, 7) is 3.73. The van der Waals surface area contributed by atoms with Crippen molar-refractivity contribution >= 4 is 15.9 Å². The highest BCUT2D eigenvalue weighted by Gasteiger charge is 2.05. The molecule has 0 atom stereocenters. The standard InChI is InChI=1S/C11H10BrN3O/c1-7-4-14-8(2)11(15-7)16-10-3-9(12)5-13-6-10/h3-6H,1-2H3. The Bertz CT molecular complexity index is 516. The summed E-state index contributed by atoms with van der Waals surface area (Å²) < 4.78 is 6.47. The Balaban J connectivity index is 2.30. The summed E-state index contributed by atoms with van der Waals surface area (Å²) in [5.41, 5.74) is 1.58. The molecule has 0 amide bonds. The van der Waals surface area contributed by atoms with Gasteiger partial charge in [0.05, 0.1) is 17.6 Å². The summed E-state index contributed by atoms with van der Waals surface area (Å²) in [6, 6.07) is 1.83. The lowest BCUT2D eigenvalue weighted by molar-refractivity contribution is 0.451. The van der Waals surface area contributed by atoms with E-state index in [9.17, 15) is 0 Å². The molecular weight excluding hydrogens is 270 g/mol. The van der Waals surface area contributed by atoms with Gasteiger partial charge in [-0.3, -0.25) is 9.97 Å². The van der Waals surface area contributed by atoms with Crippen molar-refractivity contribution in [1.29, 1.82) is 0 Å². The predicted octanol–water partition coefficient (Wildman–Crippen LogP) is 3.04. The van der Waals surface area contributed by atoms with Gasteiger partial charge in [0.15, 0.2) is 0 Å². The molecule has 0 aromatic carbocycles. The van der Waals surface area contributed by atoms with Gasteiger partial charge in [-0.25, -0.2) is 4.98 Å². The molecule has 0 saturated carbocycles. The molecule has 0 N–H and O–H groups in total. The summed E-state index contributed by atoms with van der Waals surface area (Å²) in [6.07, 6.45) is 5.04. The summed E-state index contributed by atoms with van der Waals surface area (Å²) in [4.78, 5) is 12.5. The summed E-state index contributed by atoms with van der Waals surface area (Å²) in [5.74, 6) is 1.15. The number of hydrogen-bond acceptors (Lipinski definition) is 4. The van der Waals surface area contributed by atoms with Crippen LogP contribution in [0, 0.1) is 13.8 Å². The molecule has 82 valence electrons. The van der Waals surface area contributed by atoms with Gasteiger partial charge in [0.25, 0.3) is 0 Å². The van der Waals surface area contributed by atoms with E-state index < -0.39 is 0 Å². The molecule has 16 heavy (non-hydrogen) atoms. The Morgan fingerprint density at radius 3 is 2.75 bits per heavy atom. The number of hydrogen-bond donors (Lipinski definition) is 0. The molecule has 0 aliphatic rings. The second-order valence-corrected chi connectivity index (χ2v) is 4.26. The monoisotopic (exact) mass is 279 g/mol. The van der Waals surface area contributed by atoms with E-state index in [1.165, 1.54) is 0 Å². The molecule has 0 saturated heterocycles. The number of nitrogens with zero attached hydrogens (tertiary/aromatic N) is 3. The minimum absolute atomic E-state index is 0.514. The third-order valence-corrected chi connectivity index (χ3v) is 2.36. The van der Waals surface area contributed by atoms with Crippen molar-refractivity contribution in [3.63, 3.8) is 0 Å². The highest BCUT2D eigenvalue weighted by atomic mass is 79.9. The van der Waals surface area contributed by atoms with E-state index in [1.54, 1.807) is 18.6 Å². The normalized spacial score (nSPS) is 10.2. The van der Waals surface area contributed by atoms with Crippen LogP contribution in [-0.2, 0) is 0 Å². The van der Waals surface area contributed by atoms with Crippen LogP contribution in [0.15, 0.2) is 29.1 Å². The molecule has 2 aromatic rings. The number of pyridine rings is 1. The van der Waals surface area contributed by atoms with Gasteiger partial charge in [0, 0.05) is 16.9 Å². The Hall–Kier alpha value is -1.49. The number of ether oxygens (including phenoxy) is 1. The Morgan fingerprint density at radius 2 is 2.00 bits per heavy atom. The van der Waals surface area contributed by atoms with Crippen LogP contribution in [0.2, 0.25) is 0 Å². The van der Waals surface area contributed by atoms with Crippen LogP contribution in [0.4, 0.5) is 0 Å². The zero-order valence-electron chi connectivity index (χ0n) is 8.94. The Labute approximate surface area is 102 Å². The van der Waals surface area contributed by atoms with Crippen LogP contribution in [-0.4, -0.2) is 15.0 Å². The SMILES string of the molecule is Cc1cnc(C)c(Oc2cncc(Br)c2)n1. The molecule has 4 nitrogen and oxygen atoms in total. The molecule has 0 aliphatic carbocycles. The molecule has 2 rings (SSSR count). The van der Waals surface area contributed by atoms with E-state index in [1.807, 2.05) is 19.9 Å². The van der Waals surface area contributed by atoms with Gasteiger partial charge in [0.1, 0.15) is 5.75 Å². The topological polar surface area (TPSA) is 47.9 Å². The zero-order valence-corrected chi connectivity index (χ0v) is 10.5. The molecule has 0 fully saturated rings. The van der Waals surface area contributed by atoms with E-state index >= 15 is 0 Å². The maximum atomic E-state index is 5.60. The highest BCUT2D eigenvalue weighted by molar-refractivity contribution is 9.10. The van der Waals surface area contributed by atoms with E-state index in [2.05, 4.69) is 30.9 Å². The van der Waals surface area contributed by atoms with Crippen molar-refractivity contribution < 1.29 is 4.74 Å². The first-order chi connectivity index (χ1) is 7.65. The van der Waals surface area contributed by atoms with Gasteiger partial charge in [-0.1, -0.05) is 0 Å². The lowest BCUT2D eigenvalue weighted by Gasteiger charge is -2.07. The van der Waals surface area contributed by atoms with Crippen molar-refractivity contribution in [2.75, 3.05) is 0 Å². The van der Waals surface area contributed by atoms with Gasteiger partial charge in [-0.2, -0.15) is 0 Å². The fourth-order valence-electron chi connectivity index (χ4n) is 1.17. The predicted molar refractivity (Wildman–Crippen MR) is 63.5 cm³/mol. The molecule has 0 bridgehead atoms. The number of aromatic nitrogens is 3. The van der Waals surface area contributed by atoms with Crippen LogP contribution in [0.1, 0.15) is 11.4 Å². The fourth-order valence-corrected chi connectivity index (χ4v) is 1.52. The minimum Gasteiger partial charge on any atom is -0.436 e. The van der Waals surface area contributed by atoms with Crippen LogP contribution in [0.5, 0.6) is 11.6 Å². The van der Waals surface area contributed by atoms with Gasteiger partial charge >= 0.3 is 0 Å². The fraction of sp³-hybridized carbons (Fsp3) is 0.182. The first-order valence-corrected chi connectivity index (χ1v) is 5.53. The lowest BCUT2D eigenvalue weighted by Crippen LogP contribution is -1.96. The molecule has 2 heterocycles. The van der Waals surface area contributed by atoms with E-state index in [0.717, 1.165) is 15.9 Å². The molecule has 0 aliphatic heterocycles. The molecule has 0 spiro atoms. The average Bonchev–Trinajstić information content (AvgIpc) is 2.24.